The van der Waals surface area contributed by atoms with Gasteiger partial charge in [-0.1, -0.05) is 24.6 Å². The van der Waals surface area contributed by atoms with E-state index in [0.29, 0.717) is 18.5 Å². The van der Waals surface area contributed by atoms with Gasteiger partial charge in [0, 0.05) is 36.1 Å². The number of ketones is 1. The molecule has 0 spiro atoms. The number of carbonyl (C=O) groups is 2. The SMILES string of the molecule is CC[C@@H](NCC1(C(=O)OC(C)(C)C)CC1)c1ccc(Cl)c(C(=O)c2cccnc2)c1F. The first kappa shape index (κ1) is 23.4. The Morgan fingerprint density at radius 3 is 2.55 bits per heavy atom. The number of pyridine rings is 1. The Morgan fingerprint density at radius 2 is 2.00 bits per heavy atom. The van der Waals surface area contributed by atoms with E-state index < -0.39 is 22.6 Å². The minimum atomic E-state index is -0.650. The Hall–Kier alpha value is -2.31. The number of ether oxygens (including phenoxy) is 1. The fourth-order valence-electron chi connectivity index (χ4n) is 3.47. The van der Waals surface area contributed by atoms with Gasteiger partial charge in [0.05, 0.1) is 16.0 Å². The lowest BCUT2D eigenvalue weighted by Gasteiger charge is -2.26. The molecule has 1 atom stereocenters. The van der Waals surface area contributed by atoms with Crippen LogP contribution in [-0.2, 0) is 9.53 Å². The number of nitrogens with one attached hydrogen (secondary N) is 1. The van der Waals surface area contributed by atoms with Crippen molar-refractivity contribution < 1.29 is 18.7 Å². The van der Waals surface area contributed by atoms with Gasteiger partial charge in [-0.3, -0.25) is 14.6 Å². The second-order valence-corrected chi connectivity index (χ2v) is 9.43. The van der Waals surface area contributed by atoms with E-state index in [1.807, 2.05) is 27.7 Å². The first-order valence-corrected chi connectivity index (χ1v) is 10.9. The highest BCUT2D eigenvalue weighted by Crippen LogP contribution is 2.47. The van der Waals surface area contributed by atoms with Crippen LogP contribution in [0.15, 0.2) is 36.7 Å². The number of esters is 1. The molecule has 7 heteroatoms. The Bertz CT molecular complexity index is 969. The van der Waals surface area contributed by atoms with Gasteiger partial charge in [-0.15, -0.1) is 0 Å². The fraction of sp³-hybridized carbons (Fsp3) is 0.458. The molecular formula is C24H28ClFN2O3. The maximum Gasteiger partial charge on any atom is 0.313 e. The van der Waals surface area contributed by atoms with Crippen LogP contribution in [0.2, 0.25) is 5.02 Å². The third kappa shape index (κ3) is 5.31. The van der Waals surface area contributed by atoms with Gasteiger partial charge in [-0.2, -0.15) is 0 Å². The minimum absolute atomic E-state index is 0.0531. The molecule has 0 aliphatic heterocycles. The van der Waals surface area contributed by atoms with Crippen molar-refractivity contribution in [2.45, 2.75) is 58.6 Å². The molecule has 1 heterocycles. The molecule has 31 heavy (non-hydrogen) atoms. The number of hydrogen-bond donors (Lipinski definition) is 1. The molecule has 0 bridgehead atoms. The van der Waals surface area contributed by atoms with Crippen molar-refractivity contribution in [2.75, 3.05) is 6.54 Å². The van der Waals surface area contributed by atoms with Crippen molar-refractivity contribution in [1.82, 2.24) is 10.3 Å². The maximum atomic E-state index is 15.5. The molecule has 166 valence electrons. The van der Waals surface area contributed by atoms with Gasteiger partial charge in [0.15, 0.2) is 5.78 Å². The number of benzene rings is 1. The van der Waals surface area contributed by atoms with Crippen LogP contribution in [0, 0.1) is 11.2 Å². The molecule has 1 fully saturated rings. The monoisotopic (exact) mass is 446 g/mol. The van der Waals surface area contributed by atoms with Crippen LogP contribution < -0.4 is 5.32 Å². The normalized spacial score (nSPS) is 15.9. The zero-order valence-electron chi connectivity index (χ0n) is 18.3. The third-order valence-corrected chi connectivity index (χ3v) is 5.74. The van der Waals surface area contributed by atoms with Gasteiger partial charge >= 0.3 is 5.97 Å². The van der Waals surface area contributed by atoms with E-state index in [1.165, 1.54) is 12.3 Å². The molecule has 3 rings (SSSR count). The lowest BCUT2D eigenvalue weighted by Crippen LogP contribution is -2.37. The second-order valence-electron chi connectivity index (χ2n) is 9.02. The summed E-state index contributed by atoms with van der Waals surface area (Å²) in [5, 5.41) is 3.37. The number of halogens is 2. The quantitative estimate of drug-likeness (QED) is 0.442. The number of aromatic nitrogens is 1. The summed E-state index contributed by atoms with van der Waals surface area (Å²) in [5.41, 5.74) is -0.679. The molecule has 1 aliphatic carbocycles. The average molecular weight is 447 g/mol. The van der Waals surface area contributed by atoms with Gasteiger partial charge in [0.1, 0.15) is 11.4 Å². The van der Waals surface area contributed by atoms with Crippen molar-refractivity contribution in [2.24, 2.45) is 5.41 Å². The molecule has 2 aromatic rings. The van der Waals surface area contributed by atoms with Crippen LogP contribution in [0.3, 0.4) is 0 Å². The number of hydrogen-bond acceptors (Lipinski definition) is 5. The maximum absolute atomic E-state index is 15.5. The zero-order chi connectivity index (χ0) is 22.8. The van der Waals surface area contributed by atoms with E-state index in [2.05, 4.69) is 10.3 Å². The van der Waals surface area contributed by atoms with Crippen molar-refractivity contribution >= 4 is 23.4 Å². The summed E-state index contributed by atoms with van der Waals surface area (Å²) in [6, 6.07) is 5.94. The molecule has 1 aliphatic rings. The number of carbonyl (C=O) groups excluding carboxylic acids is 2. The van der Waals surface area contributed by atoms with Gasteiger partial charge in [-0.05, 0) is 58.2 Å². The average Bonchev–Trinajstić information content (AvgIpc) is 3.50. The Kier molecular flexibility index (Phi) is 6.82. The minimum Gasteiger partial charge on any atom is -0.460 e. The van der Waals surface area contributed by atoms with Gasteiger partial charge in [-0.25, -0.2) is 4.39 Å². The van der Waals surface area contributed by atoms with Gasteiger partial charge < -0.3 is 10.1 Å². The van der Waals surface area contributed by atoms with Crippen molar-refractivity contribution in [3.8, 4) is 0 Å². The molecule has 1 saturated carbocycles. The first-order chi connectivity index (χ1) is 14.6. The Balaban J connectivity index is 1.81. The van der Waals surface area contributed by atoms with Gasteiger partial charge in [0.25, 0.3) is 0 Å². The molecule has 1 aromatic carbocycles. The summed E-state index contributed by atoms with van der Waals surface area (Å²) in [7, 11) is 0. The summed E-state index contributed by atoms with van der Waals surface area (Å²) in [5.74, 6) is -1.39. The predicted octanol–water partition coefficient (Wildman–Crippen LogP) is 5.27. The lowest BCUT2D eigenvalue weighted by molar-refractivity contribution is -0.161. The molecule has 0 radical (unpaired) electrons. The van der Waals surface area contributed by atoms with Gasteiger partial charge in [0.2, 0.25) is 0 Å². The van der Waals surface area contributed by atoms with Crippen molar-refractivity contribution in [1.29, 1.82) is 0 Å². The Morgan fingerprint density at radius 1 is 1.29 bits per heavy atom. The fourth-order valence-corrected chi connectivity index (χ4v) is 3.70. The van der Waals surface area contributed by atoms with E-state index >= 15 is 4.39 Å². The highest BCUT2D eigenvalue weighted by molar-refractivity contribution is 6.35. The van der Waals surface area contributed by atoms with E-state index in [1.54, 1.807) is 24.4 Å². The topological polar surface area (TPSA) is 68.3 Å². The van der Waals surface area contributed by atoms with E-state index in [9.17, 15) is 9.59 Å². The summed E-state index contributed by atoms with van der Waals surface area (Å²) < 4.78 is 21.0. The molecule has 1 aromatic heterocycles. The second kappa shape index (κ2) is 9.05. The highest BCUT2D eigenvalue weighted by atomic mass is 35.5. The number of rotatable bonds is 8. The zero-order valence-corrected chi connectivity index (χ0v) is 19.1. The number of nitrogens with zero attached hydrogens (tertiary/aromatic N) is 1. The molecule has 0 amide bonds. The molecule has 1 N–H and O–H groups in total. The lowest BCUT2D eigenvalue weighted by atomic mass is 9.96. The third-order valence-electron chi connectivity index (χ3n) is 5.43. The highest BCUT2D eigenvalue weighted by Gasteiger charge is 2.52. The molecule has 5 nitrogen and oxygen atoms in total. The van der Waals surface area contributed by atoms with E-state index in [-0.39, 0.29) is 28.2 Å². The molecule has 0 saturated heterocycles. The van der Waals surface area contributed by atoms with Crippen LogP contribution in [0.1, 0.15) is 74.5 Å². The molecule has 0 unspecified atom stereocenters. The van der Waals surface area contributed by atoms with Crippen molar-refractivity contribution in [3.63, 3.8) is 0 Å². The first-order valence-electron chi connectivity index (χ1n) is 10.5. The summed E-state index contributed by atoms with van der Waals surface area (Å²) >= 11 is 6.19. The summed E-state index contributed by atoms with van der Waals surface area (Å²) in [6.07, 6.45) is 4.97. The largest absolute Gasteiger partial charge is 0.460 e. The van der Waals surface area contributed by atoms with Crippen LogP contribution in [0.25, 0.3) is 0 Å². The van der Waals surface area contributed by atoms with Crippen molar-refractivity contribution in [3.05, 3.63) is 64.2 Å². The van der Waals surface area contributed by atoms with Crippen LogP contribution in [0.4, 0.5) is 4.39 Å². The molecular weight excluding hydrogens is 419 g/mol. The van der Waals surface area contributed by atoms with E-state index in [4.69, 9.17) is 16.3 Å². The standard InChI is InChI=1S/C24H28ClFN2O3/c1-5-18(28-14-24(10-11-24)22(30)31-23(2,3)4)16-8-9-17(25)19(20(16)26)21(29)15-7-6-12-27-13-15/h6-9,12-13,18,28H,5,10-11,14H2,1-4H3/t18-/m1/s1. The predicted molar refractivity (Wildman–Crippen MR) is 118 cm³/mol. The Labute approximate surface area is 187 Å². The van der Waals surface area contributed by atoms with Crippen LogP contribution in [-0.4, -0.2) is 28.9 Å². The van der Waals surface area contributed by atoms with Crippen LogP contribution >= 0.6 is 11.6 Å². The van der Waals surface area contributed by atoms with E-state index in [0.717, 1.165) is 12.8 Å². The summed E-state index contributed by atoms with van der Waals surface area (Å²) in [4.78, 5) is 29.4. The van der Waals surface area contributed by atoms with Crippen LogP contribution in [0.5, 0.6) is 0 Å². The summed E-state index contributed by atoms with van der Waals surface area (Å²) in [6.45, 7) is 7.82. The smallest absolute Gasteiger partial charge is 0.313 e.